The van der Waals surface area contributed by atoms with Crippen LogP contribution in [-0.4, -0.2) is 129 Å². The first-order valence-corrected chi connectivity index (χ1v) is 31.0. The molecular formula is C69H130N6O4. The Hall–Kier alpha value is -2.41. The second-order valence-corrected chi connectivity index (χ2v) is 32.2. The van der Waals surface area contributed by atoms with Crippen molar-refractivity contribution in [1.29, 1.82) is 0 Å². The van der Waals surface area contributed by atoms with Crippen LogP contribution in [0.5, 0.6) is 0 Å². The topological polar surface area (TPSA) is 99.4 Å². The molecule has 0 aromatic heterocycles. The smallest absolute Gasteiger partial charge is 0.224 e. The van der Waals surface area contributed by atoms with E-state index < -0.39 is 0 Å². The van der Waals surface area contributed by atoms with Crippen molar-refractivity contribution in [2.75, 3.05) is 78.9 Å². The summed E-state index contributed by atoms with van der Waals surface area (Å²) in [6, 6.07) is 19.1. The summed E-state index contributed by atoms with van der Waals surface area (Å²) < 4.78 is 17.0. The zero-order chi connectivity index (χ0) is 60.4. The van der Waals surface area contributed by atoms with Gasteiger partial charge in [-0.3, -0.25) is 4.79 Å². The van der Waals surface area contributed by atoms with Gasteiger partial charge in [-0.2, -0.15) is 0 Å². The average Bonchev–Trinajstić information content (AvgIpc) is 3.74. The molecule has 2 fully saturated rings. The van der Waals surface area contributed by atoms with E-state index in [4.69, 9.17) is 14.2 Å². The fourth-order valence-electron chi connectivity index (χ4n) is 9.01. The monoisotopic (exact) mass is 1110 g/mol. The molecule has 2 aromatic rings. The molecule has 0 unspecified atom stereocenters. The van der Waals surface area contributed by atoms with Crippen molar-refractivity contribution in [1.82, 2.24) is 31.1 Å². The van der Waals surface area contributed by atoms with E-state index in [0.717, 1.165) is 78.4 Å². The van der Waals surface area contributed by atoms with Gasteiger partial charge in [0.05, 0.1) is 46.1 Å². The first-order valence-electron chi connectivity index (χ1n) is 31.0. The van der Waals surface area contributed by atoms with E-state index >= 15 is 0 Å². The Morgan fingerprint density at radius 3 is 1.37 bits per heavy atom. The van der Waals surface area contributed by atoms with Crippen LogP contribution in [0.1, 0.15) is 227 Å². The molecule has 460 valence electrons. The number of unbranched alkanes of at least 4 members (excludes halogenated alkanes) is 1. The Morgan fingerprint density at radius 1 is 0.468 bits per heavy atom. The average molecular weight is 1110 g/mol. The number of nitrogens with one attached hydrogen (secondary N) is 4. The molecule has 2 aliphatic heterocycles. The van der Waals surface area contributed by atoms with Gasteiger partial charge in [0.25, 0.3) is 0 Å². The van der Waals surface area contributed by atoms with Crippen molar-refractivity contribution >= 4 is 5.91 Å². The number of rotatable bonds is 22. The molecule has 0 radical (unpaired) electrons. The lowest BCUT2D eigenvalue weighted by Gasteiger charge is -2.36. The van der Waals surface area contributed by atoms with Gasteiger partial charge in [-0.25, -0.2) is 0 Å². The number of benzene rings is 2. The van der Waals surface area contributed by atoms with Crippen molar-refractivity contribution < 1.29 is 19.0 Å². The van der Waals surface area contributed by atoms with Gasteiger partial charge in [0.15, 0.2) is 0 Å². The molecule has 0 bridgehead atoms. The van der Waals surface area contributed by atoms with E-state index in [1.54, 1.807) is 0 Å². The number of amides is 1. The van der Waals surface area contributed by atoms with E-state index in [0.29, 0.717) is 37.1 Å². The lowest BCUT2D eigenvalue weighted by atomic mass is 9.88. The summed E-state index contributed by atoms with van der Waals surface area (Å²) in [7, 11) is 0. The van der Waals surface area contributed by atoms with Crippen molar-refractivity contribution in [3.8, 4) is 0 Å². The number of likely N-dealkylation sites (tertiary alicyclic amines) is 2. The molecule has 1 amide bonds. The third-order valence-electron chi connectivity index (χ3n) is 12.7. The second-order valence-electron chi connectivity index (χ2n) is 32.2. The number of aryl methyl sites for hydroxylation is 1. The van der Waals surface area contributed by atoms with Crippen molar-refractivity contribution in [2.45, 2.75) is 265 Å². The first-order chi connectivity index (χ1) is 36.0. The Bertz CT molecular complexity index is 1870. The van der Waals surface area contributed by atoms with Crippen LogP contribution >= 0.6 is 0 Å². The molecule has 2 aliphatic rings. The maximum atomic E-state index is 12.1. The predicted octanol–water partition coefficient (Wildman–Crippen LogP) is 14.5. The maximum absolute atomic E-state index is 12.1. The molecule has 0 aliphatic carbocycles. The van der Waals surface area contributed by atoms with Gasteiger partial charge in [-0.05, 0) is 198 Å². The SMILES string of the molecule is CC(C)(C)COCCC(=O)N1CC[C@@H](NC(C)(C)C)C1.CC(C)(C)COCCN1CCC(NC(C)(C)C)CC1.CC(C)(C)COCCc1ccc(CNC(C)(C)C)cc1.CC(C)(C)Cc1ccc(CCCCNC(C)(C)C)cc1. The molecule has 2 aromatic carbocycles. The number of piperidine rings is 1. The van der Waals surface area contributed by atoms with Crippen molar-refractivity contribution in [3.63, 3.8) is 0 Å². The number of hydrogen-bond acceptors (Lipinski definition) is 9. The lowest BCUT2D eigenvalue weighted by molar-refractivity contribution is -0.131. The van der Waals surface area contributed by atoms with E-state index in [9.17, 15) is 4.79 Å². The quantitative estimate of drug-likeness (QED) is 0.0859. The third-order valence-corrected chi connectivity index (χ3v) is 12.7. The predicted molar refractivity (Wildman–Crippen MR) is 343 cm³/mol. The van der Waals surface area contributed by atoms with Gasteiger partial charge < -0.3 is 45.3 Å². The number of carbonyl (C=O) groups is 1. The first kappa shape index (κ1) is 74.6. The normalized spacial score (nSPS) is 16.4. The molecule has 0 saturated carbocycles. The van der Waals surface area contributed by atoms with Crippen LogP contribution in [0.2, 0.25) is 0 Å². The highest BCUT2D eigenvalue weighted by molar-refractivity contribution is 5.76. The highest BCUT2D eigenvalue weighted by Gasteiger charge is 2.29. The summed E-state index contributed by atoms with van der Waals surface area (Å²) >= 11 is 0. The molecule has 4 rings (SSSR count). The van der Waals surface area contributed by atoms with E-state index in [1.165, 1.54) is 67.4 Å². The molecule has 79 heavy (non-hydrogen) atoms. The summed E-state index contributed by atoms with van der Waals surface area (Å²) in [5.74, 6) is 0.220. The minimum absolute atomic E-state index is 0.111. The molecular weight excluding hydrogens is 977 g/mol. The summed E-state index contributed by atoms with van der Waals surface area (Å²) in [6.07, 6.45) is 9.92. The number of nitrogens with zero attached hydrogens (tertiary/aromatic N) is 2. The van der Waals surface area contributed by atoms with E-state index in [-0.39, 0.29) is 44.3 Å². The Balaban J connectivity index is 0.000000527. The van der Waals surface area contributed by atoms with Crippen molar-refractivity contribution in [2.24, 2.45) is 21.7 Å². The third kappa shape index (κ3) is 45.8. The van der Waals surface area contributed by atoms with Gasteiger partial charge in [0.1, 0.15) is 0 Å². The molecule has 1 atom stereocenters. The number of carbonyl (C=O) groups excluding carboxylic acids is 1. The summed E-state index contributed by atoms with van der Waals surface area (Å²) in [5, 5.41) is 14.3. The van der Waals surface area contributed by atoms with Crippen LogP contribution in [-0.2, 0) is 44.8 Å². The van der Waals surface area contributed by atoms with Gasteiger partial charge in [-0.1, -0.05) is 132 Å². The van der Waals surface area contributed by atoms with Crippen LogP contribution < -0.4 is 21.3 Å². The Kier molecular flexibility index (Phi) is 33.1. The molecule has 10 heteroatoms. The van der Waals surface area contributed by atoms with Crippen LogP contribution in [0.25, 0.3) is 0 Å². The maximum Gasteiger partial charge on any atom is 0.224 e. The molecule has 10 nitrogen and oxygen atoms in total. The van der Waals surface area contributed by atoms with Gasteiger partial charge in [0, 0.05) is 60.4 Å². The van der Waals surface area contributed by atoms with E-state index in [2.05, 4.69) is 241 Å². The number of hydrogen-bond donors (Lipinski definition) is 4. The van der Waals surface area contributed by atoms with Crippen molar-refractivity contribution in [3.05, 3.63) is 70.8 Å². The van der Waals surface area contributed by atoms with Crippen LogP contribution in [0.4, 0.5) is 0 Å². The van der Waals surface area contributed by atoms with E-state index in [1.807, 2.05) is 4.90 Å². The number of ether oxygens (including phenoxy) is 3. The zero-order valence-corrected chi connectivity index (χ0v) is 56.4. The fourth-order valence-corrected chi connectivity index (χ4v) is 9.01. The van der Waals surface area contributed by atoms with Crippen LogP contribution in [0.15, 0.2) is 48.5 Å². The molecule has 2 heterocycles. The van der Waals surface area contributed by atoms with Gasteiger partial charge >= 0.3 is 0 Å². The highest BCUT2D eigenvalue weighted by Crippen LogP contribution is 2.22. The molecule has 2 saturated heterocycles. The van der Waals surface area contributed by atoms with Gasteiger partial charge in [0.2, 0.25) is 5.91 Å². The lowest BCUT2D eigenvalue weighted by Crippen LogP contribution is -2.49. The Labute approximate surface area is 490 Å². The second kappa shape index (κ2) is 35.0. The standard InChI is InChI=1S/C19H33N.C18H31NO.C16H32N2O2.C16H34N2O/c1-18(2,3)15-17-12-10-16(11-13-17)9-7-8-14-20-19(4,5)6;1-17(2,3)14-20-12-11-15-7-9-16(10-8-15)13-19-18(4,5)6;1-15(2,3)12-20-10-8-14(19)18-9-7-13(11-18)17-16(4,5)6;1-15(2,3)13-19-12-11-18-9-7-14(8-10-18)17-16(4,5)6/h10-13,20H,7-9,14-15H2,1-6H3;7-10,19H,11-14H2,1-6H3;13,17H,7-12H2,1-6H3;14,17H,7-13H2,1-6H3/t;;13-;/m..1./s1. The summed E-state index contributed by atoms with van der Waals surface area (Å²) in [6.45, 7) is 64.8. The highest BCUT2D eigenvalue weighted by atomic mass is 16.5. The molecule has 4 N–H and O–H groups in total. The Morgan fingerprint density at radius 2 is 0.899 bits per heavy atom. The largest absolute Gasteiger partial charge is 0.381 e. The fraction of sp³-hybridized carbons (Fsp3) is 0.812. The summed E-state index contributed by atoms with van der Waals surface area (Å²) in [4.78, 5) is 16.6. The minimum Gasteiger partial charge on any atom is -0.381 e. The molecule has 0 spiro atoms. The minimum atomic E-state index is 0.111. The van der Waals surface area contributed by atoms with Gasteiger partial charge in [-0.15, -0.1) is 0 Å². The van der Waals surface area contributed by atoms with Crippen LogP contribution in [0.3, 0.4) is 0 Å². The zero-order valence-electron chi connectivity index (χ0n) is 56.4. The van der Waals surface area contributed by atoms with Crippen LogP contribution in [0, 0.1) is 21.7 Å². The summed E-state index contributed by atoms with van der Waals surface area (Å²) in [5.41, 5.74) is 7.44.